The molecule has 2 amide bonds. The number of nitrogens with zero attached hydrogens (tertiary/aromatic N) is 2. The zero-order chi connectivity index (χ0) is 20.1. The van der Waals surface area contributed by atoms with Crippen molar-refractivity contribution in [2.45, 2.75) is 20.3 Å². The molecule has 1 fully saturated rings. The molecule has 1 heterocycles. The minimum absolute atomic E-state index is 0.0165. The summed E-state index contributed by atoms with van der Waals surface area (Å²) in [7, 11) is 0. The first-order valence-electron chi connectivity index (χ1n) is 9.42. The number of carbonyl (C=O) groups excluding carboxylic acids is 2. The first kappa shape index (κ1) is 20.2. The molecule has 148 valence electrons. The van der Waals surface area contributed by atoms with Crippen LogP contribution in [0.5, 0.6) is 5.75 Å². The van der Waals surface area contributed by atoms with E-state index < -0.39 is 0 Å². The van der Waals surface area contributed by atoms with E-state index in [2.05, 4.69) is 0 Å². The lowest BCUT2D eigenvalue weighted by Crippen LogP contribution is -2.52. The molecule has 0 N–H and O–H groups in total. The molecule has 5 nitrogen and oxygen atoms in total. The van der Waals surface area contributed by atoms with E-state index in [1.54, 1.807) is 17.0 Å². The van der Waals surface area contributed by atoms with E-state index in [4.69, 9.17) is 16.3 Å². The molecular formula is C22H25ClN2O3. The van der Waals surface area contributed by atoms with Gasteiger partial charge in [0.2, 0.25) is 5.91 Å². The molecule has 0 saturated carbocycles. The fourth-order valence-electron chi connectivity index (χ4n) is 3.29. The van der Waals surface area contributed by atoms with E-state index in [9.17, 15) is 9.59 Å². The molecule has 1 aliphatic rings. The van der Waals surface area contributed by atoms with Crippen molar-refractivity contribution in [3.8, 4) is 5.75 Å². The number of hydrogen-bond acceptors (Lipinski definition) is 3. The summed E-state index contributed by atoms with van der Waals surface area (Å²) in [6, 6.07) is 13.2. The summed E-state index contributed by atoms with van der Waals surface area (Å²) in [6.07, 6.45) is 0.348. The van der Waals surface area contributed by atoms with Crippen LogP contribution in [-0.4, -0.2) is 54.4 Å². The smallest absolute Gasteiger partial charge is 0.260 e. The Labute approximate surface area is 170 Å². The number of benzene rings is 2. The highest BCUT2D eigenvalue weighted by molar-refractivity contribution is 6.30. The Kier molecular flexibility index (Phi) is 6.57. The third kappa shape index (κ3) is 5.26. The van der Waals surface area contributed by atoms with Crippen LogP contribution in [0.2, 0.25) is 5.02 Å². The van der Waals surface area contributed by atoms with Gasteiger partial charge in [0.1, 0.15) is 5.75 Å². The molecule has 1 aliphatic heterocycles. The van der Waals surface area contributed by atoms with Crippen molar-refractivity contribution in [3.63, 3.8) is 0 Å². The number of rotatable bonds is 5. The average molecular weight is 401 g/mol. The second-order valence-corrected chi connectivity index (χ2v) is 7.56. The number of aryl methyl sites for hydroxylation is 2. The summed E-state index contributed by atoms with van der Waals surface area (Å²) in [5, 5.41) is 0.659. The maximum atomic E-state index is 12.5. The van der Waals surface area contributed by atoms with Crippen molar-refractivity contribution in [2.24, 2.45) is 0 Å². The monoisotopic (exact) mass is 400 g/mol. The number of piperazine rings is 1. The SMILES string of the molecule is Cc1ccc(OCC(=O)N2CCN(C(=O)Cc3ccc(Cl)cc3)CC2)c(C)c1. The quantitative estimate of drug-likeness (QED) is 0.774. The number of ether oxygens (including phenoxy) is 1. The molecular weight excluding hydrogens is 376 g/mol. The van der Waals surface area contributed by atoms with E-state index in [1.807, 2.05) is 49.1 Å². The molecule has 0 bridgehead atoms. The van der Waals surface area contributed by atoms with Gasteiger partial charge in [0.25, 0.3) is 5.91 Å². The molecule has 6 heteroatoms. The molecule has 0 aliphatic carbocycles. The molecule has 28 heavy (non-hydrogen) atoms. The van der Waals surface area contributed by atoms with Crippen LogP contribution in [0, 0.1) is 13.8 Å². The van der Waals surface area contributed by atoms with Crippen molar-refractivity contribution < 1.29 is 14.3 Å². The number of halogens is 1. The molecule has 0 aromatic heterocycles. The van der Waals surface area contributed by atoms with Crippen LogP contribution in [0.15, 0.2) is 42.5 Å². The summed E-state index contributed by atoms with van der Waals surface area (Å²) >= 11 is 5.88. The summed E-state index contributed by atoms with van der Waals surface area (Å²) in [4.78, 5) is 28.5. The van der Waals surface area contributed by atoms with Crippen molar-refractivity contribution in [1.82, 2.24) is 9.80 Å². The van der Waals surface area contributed by atoms with Gasteiger partial charge >= 0.3 is 0 Å². The summed E-state index contributed by atoms with van der Waals surface area (Å²) in [5.74, 6) is 0.751. The number of hydrogen-bond donors (Lipinski definition) is 0. The topological polar surface area (TPSA) is 49.9 Å². The Morgan fingerprint density at radius 2 is 1.54 bits per heavy atom. The van der Waals surface area contributed by atoms with Crippen LogP contribution >= 0.6 is 11.6 Å². The van der Waals surface area contributed by atoms with Crippen LogP contribution in [0.4, 0.5) is 0 Å². The van der Waals surface area contributed by atoms with Crippen LogP contribution in [0.25, 0.3) is 0 Å². The maximum absolute atomic E-state index is 12.5. The second kappa shape index (κ2) is 9.11. The highest BCUT2D eigenvalue weighted by atomic mass is 35.5. The van der Waals surface area contributed by atoms with Crippen molar-refractivity contribution in [2.75, 3.05) is 32.8 Å². The third-order valence-electron chi connectivity index (χ3n) is 4.94. The second-order valence-electron chi connectivity index (χ2n) is 7.12. The summed E-state index contributed by atoms with van der Waals surface area (Å²) in [6.45, 7) is 6.16. The van der Waals surface area contributed by atoms with Gasteiger partial charge in [-0.05, 0) is 43.2 Å². The fraction of sp³-hybridized carbons (Fsp3) is 0.364. The zero-order valence-electron chi connectivity index (χ0n) is 16.3. The molecule has 0 spiro atoms. The van der Waals surface area contributed by atoms with Crippen LogP contribution in [0.3, 0.4) is 0 Å². The fourth-order valence-corrected chi connectivity index (χ4v) is 3.41. The van der Waals surface area contributed by atoms with Crippen LogP contribution in [-0.2, 0) is 16.0 Å². The Morgan fingerprint density at radius 3 is 2.14 bits per heavy atom. The van der Waals surface area contributed by atoms with E-state index >= 15 is 0 Å². The van der Waals surface area contributed by atoms with Crippen LogP contribution < -0.4 is 4.74 Å². The lowest BCUT2D eigenvalue weighted by molar-refractivity contribution is -0.140. The first-order chi connectivity index (χ1) is 13.4. The maximum Gasteiger partial charge on any atom is 0.260 e. The van der Waals surface area contributed by atoms with Gasteiger partial charge in [0, 0.05) is 31.2 Å². The minimum Gasteiger partial charge on any atom is -0.484 e. The van der Waals surface area contributed by atoms with Gasteiger partial charge in [0.05, 0.1) is 6.42 Å². The summed E-state index contributed by atoms with van der Waals surface area (Å²) < 4.78 is 5.69. The van der Waals surface area contributed by atoms with Crippen molar-refractivity contribution in [3.05, 3.63) is 64.2 Å². The first-order valence-corrected chi connectivity index (χ1v) is 9.80. The predicted molar refractivity (Wildman–Crippen MR) is 110 cm³/mol. The molecule has 0 unspecified atom stereocenters. The van der Waals surface area contributed by atoms with Crippen LogP contribution in [0.1, 0.15) is 16.7 Å². The van der Waals surface area contributed by atoms with Gasteiger partial charge in [-0.15, -0.1) is 0 Å². The molecule has 3 rings (SSSR count). The van der Waals surface area contributed by atoms with Crippen molar-refractivity contribution in [1.29, 1.82) is 0 Å². The number of amides is 2. The molecule has 2 aromatic carbocycles. The highest BCUT2D eigenvalue weighted by Crippen LogP contribution is 2.19. The lowest BCUT2D eigenvalue weighted by Gasteiger charge is -2.34. The molecule has 1 saturated heterocycles. The standard InChI is InChI=1S/C22H25ClN2O3/c1-16-3-8-20(17(2)13-16)28-15-22(27)25-11-9-24(10-12-25)21(26)14-18-4-6-19(23)7-5-18/h3-8,13H,9-12,14-15H2,1-2H3. The largest absolute Gasteiger partial charge is 0.484 e. The normalized spacial score (nSPS) is 14.1. The van der Waals surface area contributed by atoms with E-state index in [0.717, 1.165) is 22.4 Å². The minimum atomic E-state index is -0.0511. The van der Waals surface area contributed by atoms with Crippen molar-refractivity contribution >= 4 is 23.4 Å². The third-order valence-corrected chi connectivity index (χ3v) is 5.19. The van der Waals surface area contributed by atoms with Gasteiger partial charge in [0.15, 0.2) is 6.61 Å². The Morgan fingerprint density at radius 1 is 0.929 bits per heavy atom. The average Bonchev–Trinajstić information content (AvgIpc) is 2.69. The molecule has 0 radical (unpaired) electrons. The zero-order valence-corrected chi connectivity index (χ0v) is 17.0. The van der Waals surface area contributed by atoms with E-state index in [1.165, 1.54) is 0 Å². The van der Waals surface area contributed by atoms with E-state index in [-0.39, 0.29) is 18.4 Å². The molecule has 2 aromatic rings. The Balaban J connectivity index is 1.45. The Hall–Kier alpha value is -2.53. The lowest BCUT2D eigenvalue weighted by atomic mass is 10.1. The summed E-state index contributed by atoms with van der Waals surface area (Å²) in [5.41, 5.74) is 3.12. The van der Waals surface area contributed by atoms with Gasteiger partial charge in [-0.3, -0.25) is 9.59 Å². The highest BCUT2D eigenvalue weighted by Gasteiger charge is 2.24. The van der Waals surface area contributed by atoms with Gasteiger partial charge in [-0.2, -0.15) is 0 Å². The molecule has 0 atom stereocenters. The van der Waals surface area contributed by atoms with Gasteiger partial charge in [-0.25, -0.2) is 0 Å². The Bertz CT molecular complexity index is 843. The van der Waals surface area contributed by atoms with Gasteiger partial charge < -0.3 is 14.5 Å². The predicted octanol–water partition coefficient (Wildman–Crippen LogP) is 3.25. The number of carbonyl (C=O) groups is 2. The van der Waals surface area contributed by atoms with E-state index in [0.29, 0.717) is 37.6 Å². The van der Waals surface area contributed by atoms with Gasteiger partial charge in [-0.1, -0.05) is 41.4 Å².